The van der Waals surface area contributed by atoms with Gasteiger partial charge >= 0.3 is 0 Å². The van der Waals surface area contributed by atoms with E-state index >= 15 is 0 Å². The first-order chi connectivity index (χ1) is 9.78. The highest BCUT2D eigenvalue weighted by molar-refractivity contribution is 6.33. The number of fused-ring (bicyclic) bond motifs is 1. The van der Waals surface area contributed by atoms with Crippen LogP contribution in [0.1, 0.15) is 23.6 Å². The summed E-state index contributed by atoms with van der Waals surface area (Å²) in [6.07, 6.45) is 1.91. The van der Waals surface area contributed by atoms with Crippen molar-refractivity contribution in [2.75, 3.05) is 11.4 Å². The van der Waals surface area contributed by atoms with Gasteiger partial charge in [-0.15, -0.1) is 0 Å². The number of nitrogens with zero attached hydrogens (tertiary/aromatic N) is 2. The van der Waals surface area contributed by atoms with Gasteiger partial charge in [-0.3, -0.25) is 0 Å². The fraction of sp³-hybridized carbons (Fsp3) is 0.312. The molecule has 1 aromatic heterocycles. The van der Waals surface area contributed by atoms with Crippen LogP contribution in [0.25, 0.3) is 0 Å². The van der Waals surface area contributed by atoms with Crippen molar-refractivity contribution in [3.63, 3.8) is 0 Å². The quantitative estimate of drug-likeness (QED) is 0.934. The van der Waals surface area contributed by atoms with Gasteiger partial charge in [0.2, 0.25) is 0 Å². The Labute approximate surface area is 124 Å². The predicted molar refractivity (Wildman–Crippen MR) is 83.0 cm³/mol. The molecule has 2 heterocycles. The van der Waals surface area contributed by atoms with E-state index in [9.17, 15) is 0 Å². The SMILES string of the molecule is CCNCc1cnc(N2Cc3ccccc3C2)c(Cl)c1. The van der Waals surface area contributed by atoms with Crippen LogP contribution in [0.3, 0.4) is 0 Å². The van der Waals surface area contributed by atoms with Gasteiger partial charge < -0.3 is 10.2 Å². The summed E-state index contributed by atoms with van der Waals surface area (Å²) in [6.45, 7) is 5.61. The van der Waals surface area contributed by atoms with Crippen LogP contribution in [0.4, 0.5) is 5.82 Å². The van der Waals surface area contributed by atoms with Crippen molar-refractivity contribution in [3.05, 3.63) is 58.2 Å². The number of anilines is 1. The Morgan fingerprint density at radius 3 is 2.55 bits per heavy atom. The highest BCUT2D eigenvalue weighted by Gasteiger charge is 2.21. The molecule has 0 aliphatic carbocycles. The molecule has 104 valence electrons. The minimum Gasteiger partial charge on any atom is -0.347 e. The number of benzene rings is 1. The highest BCUT2D eigenvalue weighted by atomic mass is 35.5. The molecule has 3 nitrogen and oxygen atoms in total. The molecule has 0 saturated heterocycles. The molecule has 1 N–H and O–H groups in total. The third-order valence-corrected chi connectivity index (χ3v) is 3.88. The summed E-state index contributed by atoms with van der Waals surface area (Å²) >= 11 is 6.40. The molecule has 1 aliphatic heterocycles. The number of rotatable bonds is 4. The number of nitrogens with one attached hydrogen (secondary N) is 1. The molecule has 0 unspecified atom stereocenters. The lowest BCUT2D eigenvalue weighted by molar-refractivity contribution is 0.723. The Kier molecular flexibility index (Phi) is 3.90. The molecule has 0 fully saturated rings. The minimum absolute atomic E-state index is 0.730. The second-order valence-corrected chi connectivity index (χ2v) is 5.46. The van der Waals surface area contributed by atoms with Gasteiger partial charge in [-0.1, -0.05) is 42.8 Å². The number of halogens is 1. The molecule has 20 heavy (non-hydrogen) atoms. The molecule has 4 heteroatoms. The van der Waals surface area contributed by atoms with Crippen molar-refractivity contribution < 1.29 is 0 Å². The van der Waals surface area contributed by atoms with E-state index in [1.807, 2.05) is 12.3 Å². The zero-order valence-electron chi connectivity index (χ0n) is 11.6. The fourth-order valence-corrected chi connectivity index (χ4v) is 2.86. The summed E-state index contributed by atoms with van der Waals surface area (Å²) in [5.74, 6) is 0.878. The first-order valence-electron chi connectivity index (χ1n) is 6.95. The van der Waals surface area contributed by atoms with E-state index in [0.717, 1.165) is 42.6 Å². The zero-order valence-corrected chi connectivity index (χ0v) is 12.3. The average molecular weight is 288 g/mol. The topological polar surface area (TPSA) is 28.2 Å². The van der Waals surface area contributed by atoms with E-state index in [4.69, 9.17) is 11.6 Å². The van der Waals surface area contributed by atoms with Crippen molar-refractivity contribution >= 4 is 17.4 Å². The molecule has 0 amide bonds. The van der Waals surface area contributed by atoms with Crippen LogP contribution in [0.5, 0.6) is 0 Å². The van der Waals surface area contributed by atoms with Gasteiger partial charge in [0, 0.05) is 25.8 Å². The fourth-order valence-electron chi connectivity index (χ4n) is 2.55. The number of hydrogen-bond donors (Lipinski definition) is 1. The van der Waals surface area contributed by atoms with Crippen LogP contribution in [0.15, 0.2) is 36.5 Å². The van der Waals surface area contributed by atoms with Crippen molar-refractivity contribution in [1.29, 1.82) is 0 Å². The molecule has 3 rings (SSSR count). The van der Waals surface area contributed by atoms with Crippen LogP contribution < -0.4 is 10.2 Å². The van der Waals surface area contributed by atoms with Crippen LogP contribution in [0.2, 0.25) is 5.02 Å². The van der Waals surface area contributed by atoms with E-state index < -0.39 is 0 Å². The van der Waals surface area contributed by atoms with Crippen molar-refractivity contribution in [2.45, 2.75) is 26.6 Å². The maximum Gasteiger partial charge on any atom is 0.147 e. The lowest BCUT2D eigenvalue weighted by atomic mass is 10.1. The van der Waals surface area contributed by atoms with E-state index in [2.05, 4.69) is 46.4 Å². The summed E-state index contributed by atoms with van der Waals surface area (Å²) in [5.41, 5.74) is 3.85. The van der Waals surface area contributed by atoms with Crippen LogP contribution in [-0.4, -0.2) is 11.5 Å². The molecule has 1 aliphatic rings. The van der Waals surface area contributed by atoms with Gasteiger partial charge in [-0.05, 0) is 29.3 Å². The summed E-state index contributed by atoms with van der Waals surface area (Å²) < 4.78 is 0. The summed E-state index contributed by atoms with van der Waals surface area (Å²) in [6, 6.07) is 10.5. The van der Waals surface area contributed by atoms with Gasteiger partial charge in [-0.2, -0.15) is 0 Å². The first kappa shape index (κ1) is 13.4. The van der Waals surface area contributed by atoms with Gasteiger partial charge in [0.25, 0.3) is 0 Å². The second kappa shape index (κ2) is 5.81. The molecule has 0 bridgehead atoms. The molecule has 1 aromatic carbocycles. The number of hydrogen-bond acceptors (Lipinski definition) is 3. The van der Waals surface area contributed by atoms with Crippen molar-refractivity contribution in [1.82, 2.24) is 10.3 Å². The van der Waals surface area contributed by atoms with Gasteiger partial charge in [-0.25, -0.2) is 4.98 Å². The Morgan fingerprint density at radius 2 is 1.95 bits per heavy atom. The molecule has 0 radical (unpaired) electrons. The summed E-state index contributed by atoms with van der Waals surface area (Å²) in [5, 5.41) is 4.01. The molecule has 2 aromatic rings. The predicted octanol–water partition coefficient (Wildman–Crippen LogP) is 3.36. The lowest BCUT2D eigenvalue weighted by Crippen LogP contribution is -2.17. The zero-order chi connectivity index (χ0) is 13.9. The number of aromatic nitrogens is 1. The van der Waals surface area contributed by atoms with Crippen molar-refractivity contribution in [3.8, 4) is 0 Å². The first-order valence-corrected chi connectivity index (χ1v) is 7.32. The van der Waals surface area contributed by atoms with E-state index in [1.54, 1.807) is 0 Å². The maximum atomic E-state index is 6.40. The monoisotopic (exact) mass is 287 g/mol. The molecular weight excluding hydrogens is 270 g/mol. The van der Waals surface area contributed by atoms with E-state index in [-0.39, 0.29) is 0 Å². The average Bonchev–Trinajstić information content (AvgIpc) is 2.88. The summed E-state index contributed by atoms with van der Waals surface area (Å²) in [4.78, 5) is 6.78. The lowest BCUT2D eigenvalue weighted by Gasteiger charge is -2.18. The van der Waals surface area contributed by atoms with E-state index in [0.29, 0.717) is 0 Å². The van der Waals surface area contributed by atoms with Gasteiger partial charge in [0.15, 0.2) is 0 Å². The Hall–Kier alpha value is -1.58. The Bertz CT molecular complexity index is 587. The third kappa shape index (κ3) is 2.65. The summed E-state index contributed by atoms with van der Waals surface area (Å²) in [7, 11) is 0. The van der Waals surface area contributed by atoms with E-state index in [1.165, 1.54) is 11.1 Å². The maximum absolute atomic E-state index is 6.40. The Morgan fingerprint density at radius 1 is 1.25 bits per heavy atom. The standard InChI is InChI=1S/C16H18ClN3/c1-2-18-8-12-7-15(17)16(19-9-12)20-10-13-5-3-4-6-14(13)11-20/h3-7,9,18H,2,8,10-11H2,1H3. The van der Waals surface area contributed by atoms with Crippen LogP contribution >= 0.6 is 11.6 Å². The smallest absolute Gasteiger partial charge is 0.147 e. The second-order valence-electron chi connectivity index (χ2n) is 5.05. The highest BCUT2D eigenvalue weighted by Crippen LogP contribution is 2.31. The van der Waals surface area contributed by atoms with Gasteiger partial charge in [0.05, 0.1) is 5.02 Å². The normalized spacial score (nSPS) is 13.6. The van der Waals surface area contributed by atoms with Crippen LogP contribution in [0, 0.1) is 0 Å². The molecule has 0 saturated carbocycles. The Balaban J connectivity index is 1.79. The minimum atomic E-state index is 0.730. The number of pyridine rings is 1. The third-order valence-electron chi connectivity index (χ3n) is 3.60. The molecule has 0 spiro atoms. The van der Waals surface area contributed by atoms with Crippen molar-refractivity contribution in [2.24, 2.45) is 0 Å². The molecular formula is C16H18ClN3. The largest absolute Gasteiger partial charge is 0.347 e. The van der Waals surface area contributed by atoms with Crippen LogP contribution in [-0.2, 0) is 19.6 Å². The van der Waals surface area contributed by atoms with Gasteiger partial charge in [0.1, 0.15) is 5.82 Å². The molecule has 0 atom stereocenters.